The highest BCUT2D eigenvalue weighted by molar-refractivity contribution is 5.76. The minimum absolute atomic E-state index is 0.0608. The highest BCUT2D eigenvalue weighted by Gasteiger charge is 2.35. The highest BCUT2D eigenvalue weighted by Crippen LogP contribution is 2.43. The van der Waals surface area contributed by atoms with Crippen molar-refractivity contribution in [3.05, 3.63) is 74.1 Å². The van der Waals surface area contributed by atoms with Crippen LogP contribution in [0.15, 0.2) is 47.3 Å². The molecule has 5 rings (SSSR count). The van der Waals surface area contributed by atoms with Crippen LogP contribution >= 0.6 is 0 Å². The summed E-state index contributed by atoms with van der Waals surface area (Å²) in [4.78, 5) is 23.3. The van der Waals surface area contributed by atoms with Crippen molar-refractivity contribution in [1.29, 1.82) is 0 Å². The van der Waals surface area contributed by atoms with Gasteiger partial charge in [0.15, 0.2) is 11.5 Å². The monoisotopic (exact) mass is 448 g/mol. The number of nitro benzene ring substituents is 1. The van der Waals surface area contributed by atoms with E-state index < -0.39 is 16.5 Å². The first kappa shape index (κ1) is 20.1. The zero-order chi connectivity index (χ0) is 23.1. The Balaban J connectivity index is 1.76. The number of tetrazole rings is 1. The number of methoxy groups -OCH3 is 2. The number of ether oxygens (including phenoxy) is 2. The van der Waals surface area contributed by atoms with Gasteiger partial charge in [-0.3, -0.25) is 14.9 Å². The maximum Gasteiger partial charge on any atom is 0.288 e. The Labute approximate surface area is 185 Å². The number of hydrogen-bond donors (Lipinski definition) is 2. The van der Waals surface area contributed by atoms with Gasteiger partial charge in [0.1, 0.15) is 11.7 Å². The molecule has 0 radical (unpaired) electrons. The van der Waals surface area contributed by atoms with E-state index in [2.05, 4.69) is 31.0 Å². The molecule has 0 amide bonds. The number of fused-ring (bicyclic) bond motifs is 2. The maximum absolute atomic E-state index is 12.7. The smallest absolute Gasteiger partial charge is 0.288 e. The number of anilines is 2. The highest BCUT2D eigenvalue weighted by atomic mass is 16.6. The van der Waals surface area contributed by atoms with Crippen molar-refractivity contribution in [2.45, 2.75) is 6.04 Å². The molecule has 0 fully saturated rings. The molecule has 13 heteroatoms. The number of benzene rings is 2. The summed E-state index contributed by atoms with van der Waals surface area (Å²) in [7, 11) is 3.06. The molecule has 13 nitrogen and oxygen atoms in total. The van der Waals surface area contributed by atoms with Crippen LogP contribution in [0, 0.1) is 10.1 Å². The van der Waals surface area contributed by atoms with Crippen molar-refractivity contribution in [2.75, 3.05) is 19.5 Å². The van der Waals surface area contributed by atoms with Gasteiger partial charge in [0, 0.05) is 23.3 Å². The molecule has 3 heterocycles. The van der Waals surface area contributed by atoms with Crippen LogP contribution in [0.2, 0.25) is 0 Å². The van der Waals surface area contributed by atoms with E-state index in [1.165, 1.54) is 31.0 Å². The zero-order valence-corrected chi connectivity index (χ0v) is 17.3. The van der Waals surface area contributed by atoms with Crippen molar-refractivity contribution < 1.29 is 14.4 Å². The Morgan fingerprint density at radius 2 is 1.85 bits per heavy atom. The van der Waals surface area contributed by atoms with E-state index in [0.717, 1.165) is 0 Å². The van der Waals surface area contributed by atoms with Crippen LogP contribution in [0.1, 0.15) is 17.2 Å². The second-order valence-corrected chi connectivity index (χ2v) is 7.08. The Morgan fingerprint density at radius 3 is 2.55 bits per heavy atom. The van der Waals surface area contributed by atoms with Crippen LogP contribution in [-0.2, 0) is 0 Å². The van der Waals surface area contributed by atoms with Crippen molar-refractivity contribution in [3.8, 4) is 22.8 Å². The summed E-state index contributed by atoms with van der Waals surface area (Å²) < 4.78 is 12.3. The van der Waals surface area contributed by atoms with Gasteiger partial charge < -0.3 is 14.8 Å². The molecule has 0 saturated carbocycles. The van der Waals surface area contributed by atoms with Crippen molar-refractivity contribution >= 4 is 17.3 Å². The number of H-pyrrole nitrogens is 1. The van der Waals surface area contributed by atoms with E-state index in [-0.39, 0.29) is 17.3 Å². The van der Waals surface area contributed by atoms with Gasteiger partial charge in [-0.1, -0.05) is 11.2 Å². The molecule has 1 aliphatic heterocycles. The molecule has 1 aliphatic rings. The molecular formula is C20H16N8O5. The van der Waals surface area contributed by atoms with E-state index in [1.54, 1.807) is 24.3 Å². The summed E-state index contributed by atoms with van der Waals surface area (Å²) in [5, 5.41) is 32.6. The lowest BCUT2D eigenvalue weighted by atomic mass is 9.92. The van der Waals surface area contributed by atoms with E-state index in [9.17, 15) is 14.9 Å². The maximum atomic E-state index is 12.7. The summed E-state index contributed by atoms with van der Waals surface area (Å²) in [5.41, 5.74) is 1.88. The van der Waals surface area contributed by atoms with Gasteiger partial charge in [-0.05, 0) is 40.3 Å². The van der Waals surface area contributed by atoms with E-state index in [4.69, 9.17) is 9.47 Å². The molecule has 2 N–H and O–H groups in total. The molecular weight excluding hydrogens is 432 g/mol. The first-order chi connectivity index (χ1) is 16.0. The largest absolute Gasteiger partial charge is 0.493 e. The average molecular weight is 448 g/mol. The normalized spacial score (nSPS) is 14.1. The van der Waals surface area contributed by atoms with E-state index in [1.807, 2.05) is 6.07 Å². The van der Waals surface area contributed by atoms with E-state index >= 15 is 0 Å². The quantitative estimate of drug-likeness (QED) is 0.300. The fourth-order valence-electron chi connectivity index (χ4n) is 3.83. The van der Waals surface area contributed by atoms with Crippen LogP contribution in [0.3, 0.4) is 0 Å². The number of nitro groups is 1. The number of nitrogens with one attached hydrogen (secondary N) is 2. The minimum atomic E-state index is -0.647. The summed E-state index contributed by atoms with van der Waals surface area (Å²) in [6, 6.07) is 10.6. The number of nitrogens with zero attached hydrogens (tertiary/aromatic N) is 6. The van der Waals surface area contributed by atoms with Crippen molar-refractivity contribution in [1.82, 2.24) is 30.4 Å². The lowest BCUT2D eigenvalue weighted by Crippen LogP contribution is -2.29. The molecule has 33 heavy (non-hydrogen) atoms. The number of hydrogen-bond acceptors (Lipinski definition) is 10. The van der Waals surface area contributed by atoms with Crippen LogP contribution in [-0.4, -0.2) is 49.5 Å². The molecule has 1 unspecified atom stereocenters. The number of aromatic amines is 1. The number of non-ortho nitro benzene ring substituents is 1. The Hall–Kier alpha value is -4.81. The molecule has 2 aromatic carbocycles. The van der Waals surface area contributed by atoms with Gasteiger partial charge in [-0.2, -0.15) is 9.78 Å². The van der Waals surface area contributed by atoms with Gasteiger partial charge in [0.2, 0.25) is 5.95 Å². The molecule has 0 bridgehead atoms. The Bertz CT molecular complexity index is 1430. The molecule has 4 aromatic rings. The molecule has 0 spiro atoms. The first-order valence-electron chi connectivity index (χ1n) is 9.66. The summed E-state index contributed by atoms with van der Waals surface area (Å²) in [6.07, 6.45) is 0. The van der Waals surface area contributed by atoms with Gasteiger partial charge in [0.05, 0.1) is 24.8 Å². The van der Waals surface area contributed by atoms with Crippen molar-refractivity contribution in [2.24, 2.45) is 0 Å². The van der Waals surface area contributed by atoms with Gasteiger partial charge in [-0.25, -0.2) is 5.10 Å². The lowest BCUT2D eigenvalue weighted by Gasteiger charge is -2.28. The molecule has 2 aromatic heterocycles. The lowest BCUT2D eigenvalue weighted by molar-refractivity contribution is -0.384. The topological polar surface area (TPSA) is 163 Å². The average Bonchev–Trinajstić information content (AvgIpc) is 3.31. The van der Waals surface area contributed by atoms with Crippen LogP contribution < -0.4 is 20.3 Å². The third-order valence-corrected chi connectivity index (χ3v) is 5.34. The SMILES string of the molecule is COc1ccc(C2c3c(-c4ccc([N+](=O)[O-])cc4)n[nH]c(=O)c3Nc3nnnn32)cc1OC. The fourth-order valence-corrected chi connectivity index (χ4v) is 3.83. The molecule has 1 atom stereocenters. The summed E-state index contributed by atoms with van der Waals surface area (Å²) in [5.74, 6) is 1.29. The second-order valence-electron chi connectivity index (χ2n) is 7.08. The predicted octanol–water partition coefficient (Wildman–Crippen LogP) is 2.04. The molecule has 0 aliphatic carbocycles. The second kappa shape index (κ2) is 7.71. The summed E-state index contributed by atoms with van der Waals surface area (Å²) in [6.45, 7) is 0. The van der Waals surface area contributed by atoms with Crippen molar-refractivity contribution in [3.63, 3.8) is 0 Å². The number of rotatable bonds is 5. The molecule has 0 saturated heterocycles. The zero-order valence-electron chi connectivity index (χ0n) is 17.3. The van der Waals surface area contributed by atoms with Crippen LogP contribution in [0.4, 0.5) is 17.3 Å². The van der Waals surface area contributed by atoms with Gasteiger partial charge >= 0.3 is 0 Å². The van der Waals surface area contributed by atoms with E-state index in [0.29, 0.717) is 33.9 Å². The third-order valence-electron chi connectivity index (χ3n) is 5.34. The fraction of sp³-hybridized carbons (Fsp3) is 0.150. The number of aromatic nitrogens is 6. The summed E-state index contributed by atoms with van der Waals surface area (Å²) >= 11 is 0. The predicted molar refractivity (Wildman–Crippen MR) is 115 cm³/mol. The first-order valence-corrected chi connectivity index (χ1v) is 9.66. The molecule has 166 valence electrons. The Morgan fingerprint density at radius 1 is 1.09 bits per heavy atom. The van der Waals surface area contributed by atoms with Gasteiger partial charge in [0.25, 0.3) is 11.2 Å². The standard InChI is InChI=1S/C20H16N8O5/c1-32-13-8-5-11(9-14(13)33-2)18-15-16(10-3-6-12(7-4-10)28(30)31)22-23-19(29)17(15)21-20-24-25-26-27(18)20/h3-9,18H,1-2H3,(H,23,29)(H,21,24,26). The minimum Gasteiger partial charge on any atom is -0.493 e. The third kappa shape index (κ3) is 3.22. The van der Waals surface area contributed by atoms with Crippen LogP contribution in [0.5, 0.6) is 11.5 Å². The Kier molecular flexibility index (Phi) is 4.70. The van der Waals surface area contributed by atoms with Gasteiger partial charge in [-0.15, -0.1) is 0 Å². The van der Waals surface area contributed by atoms with Crippen LogP contribution in [0.25, 0.3) is 11.3 Å².